The number of ether oxygens (including phenoxy) is 2. The van der Waals surface area contributed by atoms with Crippen molar-refractivity contribution in [3.63, 3.8) is 0 Å². The molecule has 4 heterocycles. The van der Waals surface area contributed by atoms with Crippen LogP contribution in [-0.4, -0.2) is 63.5 Å². The summed E-state index contributed by atoms with van der Waals surface area (Å²) >= 11 is 0. The molecule has 0 N–H and O–H groups in total. The third-order valence-corrected chi connectivity index (χ3v) is 7.42. The van der Waals surface area contributed by atoms with E-state index < -0.39 is 5.82 Å². The second kappa shape index (κ2) is 9.38. The molecule has 2 aliphatic rings. The average molecular weight is 502 g/mol. The summed E-state index contributed by atoms with van der Waals surface area (Å²) in [5.74, 6) is 1.26. The number of imidazole rings is 1. The van der Waals surface area contributed by atoms with E-state index in [9.17, 15) is 9.18 Å². The van der Waals surface area contributed by atoms with E-state index in [1.807, 2.05) is 36.5 Å². The highest BCUT2D eigenvalue weighted by Crippen LogP contribution is 2.37. The Kier molecular flexibility index (Phi) is 5.90. The number of carbonyl (C=O) groups is 1. The van der Waals surface area contributed by atoms with E-state index in [0.29, 0.717) is 18.3 Å². The molecule has 2 atom stereocenters. The first-order valence-corrected chi connectivity index (χ1v) is 12.5. The largest absolute Gasteiger partial charge is 0.494 e. The highest BCUT2D eigenvalue weighted by atomic mass is 19.1. The first-order valence-electron chi connectivity index (χ1n) is 12.5. The van der Waals surface area contributed by atoms with Crippen molar-refractivity contribution in [3.8, 4) is 28.5 Å². The number of hydrogen-bond acceptors (Lipinski definition) is 5. The fraction of sp³-hybridized carbons (Fsp3) is 0.321. The normalized spacial score (nSPS) is 19.7. The minimum Gasteiger partial charge on any atom is -0.494 e. The Labute approximate surface area is 214 Å². The van der Waals surface area contributed by atoms with Gasteiger partial charge in [-0.3, -0.25) is 9.38 Å². The van der Waals surface area contributed by atoms with Crippen molar-refractivity contribution >= 4 is 11.5 Å². The molecule has 2 saturated heterocycles. The SMILES string of the molecule is COc1cccc(Oc2ccc(-c3nc(C4CCC5CCN(C)C(=O)N5C4)n4ccncc34)cc2)c1F. The molecule has 6 rings (SSSR count). The second-order valence-electron chi connectivity index (χ2n) is 9.62. The number of benzene rings is 2. The average Bonchev–Trinajstić information content (AvgIpc) is 3.32. The van der Waals surface area contributed by atoms with Crippen LogP contribution >= 0.6 is 0 Å². The standard InChI is InChI=1S/C28H28FN5O3/c1-32-14-12-20-9-6-19(17-34(20)28(32)35)27-31-26(22-16-30-13-15-33(22)27)18-7-10-21(11-8-18)37-24-5-3-4-23(36-2)25(24)29/h3-5,7-8,10-11,13,15-16,19-20H,6,9,12,14,17H2,1-2H3. The Morgan fingerprint density at radius 2 is 1.86 bits per heavy atom. The molecule has 2 unspecified atom stereocenters. The van der Waals surface area contributed by atoms with Gasteiger partial charge in [-0.25, -0.2) is 9.78 Å². The zero-order chi connectivity index (χ0) is 25.5. The minimum atomic E-state index is -0.544. The van der Waals surface area contributed by atoms with Crippen molar-refractivity contribution in [2.75, 3.05) is 27.2 Å². The molecule has 2 aliphatic heterocycles. The highest BCUT2D eigenvalue weighted by molar-refractivity contribution is 5.78. The van der Waals surface area contributed by atoms with Crippen LogP contribution < -0.4 is 9.47 Å². The van der Waals surface area contributed by atoms with Crippen LogP contribution in [0, 0.1) is 5.82 Å². The maximum atomic E-state index is 14.5. The van der Waals surface area contributed by atoms with Crippen LogP contribution in [0.4, 0.5) is 9.18 Å². The van der Waals surface area contributed by atoms with Crippen LogP contribution in [0.5, 0.6) is 17.2 Å². The van der Waals surface area contributed by atoms with Gasteiger partial charge in [0.15, 0.2) is 11.5 Å². The Morgan fingerprint density at radius 1 is 1.05 bits per heavy atom. The van der Waals surface area contributed by atoms with Crippen molar-refractivity contribution < 1.29 is 18.7 Å². The van der Waals surface area contributed by atoms with Gasteiger partial charge in [-0.2, -0.15) is 4.39 Å². The number of aromatic nitrogens is 3. The summed E-state index contributed by atoms with van der Waals surface area (Å²) in [7, 11) is 3.29. The molecule has 0 aliphatic carbocycles. The zero-order valence-corrected chi connectivity index (χ0v) is 20.8. The Balaban J connectivity index is 1.29. The number of carbonyl (C=O) groups excluding carboxylic acids is 1. The number of piperidine rings is 1. The fourth-order valence-corrected chi connectivity index (χ4v) is 5.43. The molecule has 8 nitrogen and oxygen atoms in total. The van der Waals surface area contributed by atoms with Crippen molar-refractivity contribution in [1.29, 1.82) is 0 Å². The van der Waals surface area contributed by atoms with Gasteiger partial charge in [0.25, 0.3) is 0 Å². The molecule has 2 aromatic heterocycles. The van der Waals surface area contributed by atoms with Gasteiger partial charge >= 0.3 is 6.03 Å². The zero-order valence-electron chi connectivity index (χ0n) is 20.8. The first-order chi connectivity index (χ1) is 18.0. The lowest BCUT2D eigenvalue weighted by Crippen LogP contribution is -2.56. The number of fused-ring (bicyclic) bond motifs is 2. The summed E-state index contributed by atoms with van der Waals surface area (Å²) in [5, 5.41) is 0. The molecule has 2 fully saturated rings. The van der Waals surface area contributed by atoms with E-state index >= 15 is 0 Å². The fourth-order valence-electron chi connectivity index (χ4n) is 5.43. The lowest BCUT2D eigenvalue weighted by atomic mass is 9.89. The van der Waals surface area contributed by atoms with Crippen LogP contribution in [0.1, 0.15) is 31.0 Å². The van der Waals surface area contributed by atoms with Crippen molar-refractivity contribution in [2.45, 2.75) is 31.2 Å². The monoisotopic (exact) mass is 501 g/mol. The van der Waals surface area contributed by atoms with Gasteiger partial charge in [0.2, 0.25) is 5.82 Å². The van der Waals surface area contributed by atoms with E-state index in [0.717, 1.165) is 48.4 Å². The Morgan fingerprint density at radius 3 is 2.68 bits per heavy atom. The van der Waals surface area contributed by atoms with Crippen molar-refractivity contribution in [2.24, 2.45) is 0 Å². The maximum absolute atomic E-state index is 14.5. The van der Waals surface area contributed by atoms with Gasteiger partial charge in [-0.05, 0) is 55.7 Å². The third kappa shape index (κ3) is 4.14. The highest BCUT2D eigenvalue weighted by Gasteiger charge is 2.38. The first kappa shape index (κ1) is 23.3. The lowest BCUT2D eigenvalue weighted by molar-refractivity contribution is 0.0805. The summed E-state index contributed by atoms with van der Waals surface area (Å²) in [4.78, 5) is 26.0. The van der Waals surface area contributed by atoms with Crippen LogP contribution in [0.25, 0.3) is 16.8 Å². The van der Waals surface area contributed by atoms with Gasteiger partial charge < -0.3 is 19.3 Å². The Bertz CT molecular complexity index is 1450. The third-order valence-electron chi connectivity index (χ3n) is 7.42. The molecule has 0 radical (unpaired) electrons. The number of rotatable bonds is 5. The topological polar surface area (TPSA) is 72.2 Å². The quantitative estimate of drug-likeness (QED) is 0.369. The van der Waals surface area contributed by atoms with Crippen LogP contribution in [-0.2, 0) is 0 Å². The number of urea groups is 1. The number of nitrogens with zero attached hydrogens (tertiary/aromatic N) is 5. The van der Waals surface area contributed by atoms with Crippen LogP contribution in [0.2, 0.25) is 0 Å². The molecule has 0 bridgehead atoms. The molecule has 2 amide bonds. The predicted molar refractivity (Wildman–Crippen MR) is 137 cm³/mol. The van der Waals surface area contributed by atoms with Crippen LogP contribution in [0.3, 0.4) is 0 Å². The molecule has 37 heavy (non-hydrogen) atoms. The van der Waals surface area contributed by atoms with Gasteiger partial charge in [-0.15, -0.1) is 0 Å². The number of halogens is 1. The maximum Gasteiger partial charge on any atom is 0.320 e. The molecule has 0 saturated carbocycles. The van der Waals surface area contributed by atoms with Gasteiger partial charge in [0.1, 0.15) is 11.6 Å². The number of hydrogen-bond donors (Lipinski definition) is 0. The number of methoxy groups -OCH3 is 1. The van der Waals surface area contributed by atoms with E-state index in [1.165, 1.54) is 7.11 Å². The number of amides is 2. The summed E-state index contributed by atoms with van der Waals surface area (Å²) in [6.07, 6.45) is 8.48. The molecule has 4 aromatic rings. The van der Waals surface area contributed by atoms with E-state index in [1.54, 1.807) is 41.4 Å². The molecular formula is C28H28FN5O3. The van der Waals surface area contributed by atoms with Crippen molar-refractivity contribution in [1.82, 2.24) is 24.2 Å². The van der Waals surface area contributed by atoms with Crippen molar-refractivity contribution in [3.05, 3.63) is 72.7 Å². The molecule has 2 aromatic carbocycles. The van der Waals surface area contributed by atoms with Gasteiger partial charge in [0, 0.05) is 50.1 Å². The summed E-state index contributed by atoms with van der Waals surface area (Å²) in [6, 6.07) is 12.6. The second-order valence-corrected chi connectivity index (χ2v) is 9.62. The minimum absolute atomic E-state index is 0.0968. The molecule has 190 valence electrons. The van der Waals surface area contributed by atoms with E-state index in [-0.39, 0.29) is 23.4 Å². The Hall–Kier alpha value is -4.14. The smallest absolute Gasteiger partial charge is 0.320 e. The summed E-state index contributed by atoms with van der Waals surface area (Å²) < 4.78 is 27.4. The molecule has 9 heteroatoms. The summed E-state index contributed by atoms with van der Waals surface area (Å²) in [6.45, 7) is 1.48. The van der Waals surface area contributed by atoms with E-state index in [2.05, 4.69) is 9.38 Å². The van der Waals surface area contributed by atoms with Crippen LogP contribution in [0.15, 0.2) is 61.1 Å². The predicted octanol–water partition coefficient (Wildman–Crippen LogP) is 5.34. The van der Waals surface area contributed by atoms with E-state index in [4.69, 9.17) is 14.5 Å². The van der Waals surface area contributed by atoms with Gasteiger partial charge in [0.05, 0.1) is 24.5 Å². The summed E-state index contributed by atoms with van der Waals surface area (Å²) in [5.41, 5.74) is 2.61. The molecule has 0 spiro atoms. The van der Waals surface area contributed by atoms with Gasteiger partial charge in [-0.1, -0.05) is 6.07 Å². The lowest BCUT2D eigenvalue weighted by Gasteiger charge is -2.45. The molecular weight excluding hydrogens is 473 g/mol.